The van der Waals surface area contributed by atoms with E-state index in [2.05, 4.69) is 11.6 Å². The third kappa shape index (κ3) is 4.11. The molecule has 1 aliphatic carbocycles. The molecule has 1 rings (SSSR count). The van der Waals surface area contributed by atoms with Crippen molar-refractivity contribution in [3.05, 3.63) is 24.4 Å². The molecular formula is C13H17F3N2O2. The molecule has 0 spiro atoms. The van der Waals surface area contributed by atoms with Gasteiger partial charge in [0.25, 0.3) is 0 Å². The van der Waals surface area contributed by atoms with Gasteiger partial charge in [-0.15, -0.1) is 0 Å². The molecule has 0 bridgehead atoms. The molecule has 0 unspecified atom stereocenters. The van der Waals surface area contributed by atoms with Gasteiger partial charge in [-0.1, -0.05) is 12.7 Å². The lowest BCUT2D eigenvalue weighted by atomic mass is 9.86. The van der Waals surface area contributed by atoms with E-state index in [1.54, 1.807) is 0 Å². The average Bonchev–Trinajstić information content (AvgIpc) is 2.38. The highest BCUT2D eigenvalue weighted by Crippen LogP contribution is 2.29. The second kappa shape index (κ2) is 6.58. The Kier molecular flexibility index (Phi) is 5.35. The molecule has 112 valence electrons. The van der Waals surface area contributed by atoms with Gasteiger partial charge in [-0.3, -0.25) is 9.79 Å². The van der Waals surface area contributed by atoms with Gasteiger partial charge in [-0.25, -0.2) is 0 Å². The zero-order valence-electron chi connectivity index (χ0n) is 10.9. The first kappa shape index (κ1) is 16.3. The average molecular weight is 290 g/mol. The quantitative estimate of drug-likeness (QED) is 0.617. The second-order valence-corrected chi connectivity index (χ2v) is 4.65. The molecule has 0 radical (unpaired) electrons. The summed E-state index contributed by atoms with van der Waals surface area (Å²) in [7, 11) is 0. The molecule has 0 atom stereocenters. The van der Waals surface area contributed by atoms with E-state index in [0.717, 1.165) is 12.3 Å². The number of carboxylic acid groups (broad SMARTS) is 1. The number of halogens is 3. The van der Waals surface area contributed by atoms with Crippen LogP contribution in [0.2, 0.25) is 0 Å². The molecule has 3 N–H and O–H groups in total. The maximum atomic E-state index is 12.9. The summed E-state index contributed by atoms with van der Waals surface area (Å²) < 4.78 is 38.8. The minimum atomic E-state index is -4.61. The zero-order valence-corrected chi connectivity index (χ0v) is 10.9. The van der Waals surface area contributed by atoms with E-state index in [4.69, 9.17) is 10.8 Å². The van der Waals surface area contributed by atoms with Crippen molar-refractivity contribution < 1.29 is 23.1 Å². The molecule has 0 aromatic heterocycles. The number of alkyl halides is 3. The van der Waals surface area contributed by atoms with E-state index in [1.807, 2.05) is 0 Å². The Morgan fingerprint density at radius 1 is 1.30 bits per heavy atom. The molecular weight excluding hydrogens is 273 g/mol. The Morgan fingerprint density at radius 2 is 1.85 bits per heavy atom. The standard InChI is InChI=1S/C13H17F3N2O2/c1-2-8(7-17)11(13(14,15)16)18-10-5-3-9(4-6-10)12(19)20/h2,7,9-10H,1,3-6,17H2,(H,19,20). The Balaban J connectivity index is 2.89. The first-order valence-electron chi connectivity index (χ1n) is 6.22. The highest BCUT2D eigenvalue weighted by Gasteiger charge is 2.38. The smallest absolute Gasteiger partial charge is 0.433 e. The summed E-state index contributed by atoms with van der Waals surface area (Å²) in [5, 5.41) is 8.85. The predicted octanol–water partition coefficient (Wildman–Crippen LogP) is 2.66. The highest BCUT2D eigenvalue weighted by atomic mass is 19.4. The molecule has 0 aromatic carbocycles. The first-order chi connectivity index (χ1) is 9.29. The SMILES string of the molecule is C=CC(=CN)C(=NC1CCC(C(=O)O)CC1)C(F)(F)F. The van der Waals surface area contributed by atoms with Crippen LogP contribution in [-0.2, 0) is 4.79 Å². The predicted molar refractivity (Wildman–Crippen MR) is 69.3 cm³/mol. The Bertz CT molecular complexity index is 433. The molecule has 20 heavy (non-hydrogen) atoms. The van der Waals surface area contributed by atoms with Crippen molar-refractivity contribution >= 4 is 11.7 Å². The lowest BCUT2D eigenvalue weighted by Crippen LogP contribution is -2.29. The van der Waals surface area contributed by atoms with Crippen LogP contribution in [0.15, 0.2) is 29.4 Å². The topological polar surface area (TPSA) is 75.7 Å². The fourth-order valence-corrected chi connectivity index (χ4v) is 2.19. The number of carboxylic acids is 1. The second-order valence-electron chi connectivity index (χ2n) is 4.65. The van der Waals surface area contributed by atoms with Crippen molar-refractivity contribution in [2.75, 3.05) is 0 Å². The molecule has 0 saturated heterocycles. The number of allylic oxidation sites excluding steroid dienone is 2. The van der Waals surface area contributed by atoms with Crippen molar-refractivity contribution in [1.82, 2.24) is 0 Å². The van der Waals surface area contributed by atoms with E-state index >= 15 is 0 Å². The summed E-state index contributed by atoms with van der Waals surface area (Å²) >= 11 is 0. The number of carbonyl (C=O) groups is 1. The van der Waals surface area contributed by atoms with Crippen molar-refractivity contribution in [2.24, 2.45) is 16.6 Å². The minimum Gasteiger partial charge on any atom is -0.481 e. The largest absolute Gasteiger partial charge is 0.481 e. The minimum absolute atomic E-state index is 0.266. The van der Waals surface area contributed by atoms with Gasteiger partial charge in [0.1, 0.15) is 5.71 Å². The van der Waals surface area contributed by atoms with E-state index in [1.165, 1.54) is 0 Å². The Hall–Kier alpha value is -1.79. The molecule has 1 saturated carbocycles. The summed E-state index contributed by atoms with van der Waals surface area (Å²) in [5.41, 5.74) is 3.84. The number of aliphatic imine (C=N–C) groups is 1. The summed E-state index contributed by atoms with van der Waals surface area (Å²) in [6.07, 6.45) is -1.45. The van der Waals surface area contributed by atoms with Gasteiger partial charge in [-0.2, -0.15) is 13.2 Å². The Labute approximate surface area is 114 Å². The van der Waals surface area contributed by atoms with E-state index in [-0.39, 0.29) is 5.57 Å². The fraction of sp³-hybridized carbons (Fsp3) is 0.538. The van der Waals surface area contributed by atoms with Gasteiger partial charge in [0.15, 0.2) is 0 Å². The van der Waals surface area contributed by atoms with Crippen molar-refractivity contribution in [3.63, 3.8) is 0 Å². The van der Waals surface area contributed by atoms with Crippen molar-refractivity contribution in [1.29, 1.82) is 0 Å². The van der Waals surface area contributed by atoms with Crippen LogP contribution in [0.4, 0.5) is 13.2 Å². The van der Waals surface area contributed by atoms with Gasteiger partial charge in [-0.05, 0) is 25.7 Å². The zero-order chi connectivity index (χ0) is 15.3. The summed E-state index contributed by atoms with van der Waals surface area (Å²) in [6, 6.07) is -0.530. The number of hydrogen-bond acceptors (Lipinski definition) is 3. The van der Waals surface area contributed by atoms with E-state index in [9.17, 15) is 18.0 Å². The maximum Gasteiger partial charge on any atom is 0.433 e. The molecule has 4 nitrogen and oxygen atoms in total. The lowest BCUT2D eigenvalue weighted by Gasteiger charge is -2.24. The molecule has 0 aliphatic heterocycles. The van der Waals surface area contributed by atoms with Crippen LogP contribution >= 0.6 is 0 Å². The van der Waals surface area contributed by atoms with Gasteiger partial charge in [0.2, 0.25) is 0 Å². The first-order valence-corrected chi connectivity index (χ1v) is 6.22. The number of aliphatic carboxylic acids is 1. The maximum absolute atomic E-state index is 12.9. The van der Waals surface area contributed by atoms with E-state index in [0.29, 0.717) is 25.7 Å². The molecule has 0 amide bonds. The summed E-state index contributed by atoms with van der Waals surface area (Å²) in [4.78, 5) is 14.5. The van der Waals surface area contributed by atoms with Gasteiger partial charge in [0.05, 0.1) is 12.0 Å². The third-order valence-corrected chi connectivity index (χ3v) is 3.30. The normalized spacial score (nSPS) is 25.4. The number of hydrogen-bond donors (Lipinski definition) is 2. The molecule has 0 aromatic rings. The van der Waals surface area contributed by atoms with Crippen LogP contribution < -0.4 is 5.73 Å². The van der Waals surface area contributed by atoms with Crippen LogP contribution in [0.3, 0.4) is 0 Å². The van der Waals surface area contributed by atoms with Crippen molar-refractivity contribution in [3.8, 4) is 0 Å². The number of nitrogens with zero attached hydrogens (tertiary/aromatic N) is 1. The van der Waals surface area contributed by atoms with Gasteiger partial charge in [0, 0.05) is 11.8 Å². The molecule has 0 heterocycles. The van der Waals surface area contributed by atoms with Crippen LogP contribution in [-0.4, -0.2) is 29.0 Å². The fourth-order valence-electron chi connectivity index (χ4n) is 2.19. The molecule has 7 heteroatoms. The lowest BCUT2D eigenvalue weighted by molar-refractivity contribution is -0.142. The number of rotatable bonds is 4. The third-order valence-electron chi connectivity index (χ3n) is 3.30. The van der Waals surface area contributed by atoms with Crippen molar-refractivity contribution in [2.45, 2.75) is 37.9 Å². The van der Waals surface area contributed by atoms with Crippen LogP contribution in [0, 0.1) is 5.92 Å². The Morgan fingerprint density at radius 3 is 2.20 bits per heavy atom. The van der Waals surface area contributed by atoms with Crippen LogP contribution in [0.1, 0.15) is 25.7 Å². The van der Waals surface area contributed by atoms with Crippen LogP contribution in [0.25, 0.3) is 0 Å². The van der Waals surface area contributed by atoms with Crippen LogP contribution in [0.5, 0.6) is 0 Å². The number of nitrogens with two attached hydrogens (primary N) is 1. The van der Waals surface area contributed by atoms with E-state index < -0.39 is 29.8 Å². The monoisotopic (exact) mass is 290 g/mol. The highest BCUT2D eigenvalue weighted by molar-refractivity contribution is 6.06. The molecule has 1 fully saturated rings. The summed E-state index contributed by atoms with van der Waals surface area (Å²) in [6.45, 7) is 3.29. The van der Waals surface area contributed by atoms with Gasteiger partial charge >= 0.3 is 12.1 Å². The van der Waals surface area contributed by atoms with Gasteiger partial charge < -0.3 is 10.8 Å². The molecule has 1 aliphatic rings. The summed E-state index contributed by atoms with van der Waals surface area (Å²) in [5.74, 6) is -1.39.